The molecule has 1 N–H and O–H groups in total. The van der Waals surface area contributed by atoms with Gasteiger partial charge in [0.05, 0.1) is 11.5 Å². The fourth-order valence-electron chi connectivity index (χ4n) is 2.35. The van der Waals surface area contributed by atoms with Crippen LogP contribution in [0.4, 0.5) is 4.79 Å². The minimum absolute atomic E-state index is 0.0761. The van der Waals surface area contributed by atoms with Crippen molar-refractivity contribution in [3.63, 3.8) is 0 Å². The summed E-state index contributed by atoms with van der Waals surface area (Å²) in [6, 6.07) is 8.22. The lowest BCUT2D eigenvalue weighted by Crippen LogP contribution is -2.48. The van der Waals surface area contributed by atoms with Gasteiger partial charge < -0.3 is 10.2 Å². The van der Waals surface area contributed by atoms with Crippen molar-refractivity contribution in [3.8, 4) is 0 Å². The fourth-order valence-corrected chi connectivity index (χ4v) is 4.59. The lowest BCUT2D eigenvalue weighted by molar-refractivity contribution is 0.202. The van der Waals surface area contributed by atoms with E-state index in [1.54, 1.807) is 4.90 Å². The van der Waals surface area contributed by atoms with Crippen LogP contribution < -0.4 is 5.32 Å². The zero-order valence-electron chi connectivity index (χ0n) is 13.5. The molecule has 0 bridgehead atoms. The zero-order chi connectivity index (χ0) is 16.7. The number of aryl methyl sites for hydroxylation is 1. The highest BCUT2D eigenvalue weighted by atomic mass is 32.2. The molecule has 0 aromatic heterocycles. The van der Waals surface area contributed by atoms with Crippen LogP contribution in [0.5, 0.6) is 0 Å². The zero-order valence-corrected chi connectivity index (χ0v) is 15.1. The summed E-state index contributed by atoms with van der Waals surface area (Å²) in [7, 11) is -2.94. The van der Waals surface area contributed by atoms with Crippen LogP contribution >= 0.6 is 11.8 Å². The van der Waals surface area contributed by atoms with E-state index in [9.17, 15) is 13.2 Å². The predicted octanol–water partition coefficient (Wildman–Crippen LogP) is 2.06. The molecule has 1 aliphatic rings. The molecular formula is C16H24N2O3S2. The van der Waals surface area contributed by atoms with Gasteiger partial charge in [-0.3, -0.25) is 0 Å². The topological polar surface area (TPSA) is 66.5 Å². The van der Waals surface area contributed by atoms with Gasteiger partial charge in [0.25, 0.3) is 0 Å². The first kappa shape index (κ1) is 18.1. The second-order valence-corrected chi connectivity index (χ2v) is 9.11. The van der Waals surface area contributed by atoms with Gasteiger partial charge in [0, 0.05) is 25.4 Å². The first-order chi connectivity index (χ1) is 11.0. The number of sulfone groups is 1. The van der Waals surface area contributed by atoms with Crippen molar-refractivity contribution in [1.29, 1.82) is 0 Å². The van der Waals surface area contributed by atoms with Gasteiger partial charge >= 0.3 is 6.03 Å². The molecule has 23 heavy (non-hydrogen) atoms. The van der Waals surface area contributed by atoms with Crippen molar-refractivity contribution >= 4 is 27.6 Å². The van der Waals surface area contributed by atoms with Crippen LogP contribution in [0, 0.1) is 6.92 Å². The Bertz CT molecular complexity index is 618. The molecule has 1 heterocycles. The van der Waals surface area contributed by atoms with Crippen molar-refractivity contribution < 1.29 is 13.2 Å². The van der Waals surface area contributed by atoms with E-state index in [4.69, 9.17) is 0 Å². The summed E-state index contributed by atoms with van der Waals surface area (Å²) in [4.78, 5) is 13.5. The molecule has 1 aliphatic heterocycles. The molecule has 128 valence electrons. The number of carbonyl (C=O) groups excluding carboxylic acids is 1. The Morgan fingerprint density at radius 3 is 2.65 bits per heavy atom. The Balaban J connectivity index is 1.57. The molecule has 0 unspecified atom stereocenters. The molecule has 1 fully saturated rings. The normalized spacial score (nSPS) is 17.0. The first-order valence-corrected chi connectivity index (χ1v) is 10.8. The largest absolute Gasteiger partial charge is 0.338 e. The molecular weight excluding hydrogens is 332 g/mol. The molecule has 0 aliphatic carbocycles. The van der Waals surface area contributed by atoms with E-state index in [1.165, 1.54) is 11.1 Å². The van der Waals surface area contributed by atoms with Gasteiger partial charge in [0.1, 0.15) is 0 Å². The van der Waals surface area contributed by atoms with Gasteiger partial charge in [-0.05, 0) is 30.2 Å². The maximum absolute atomic E-state index is 11.9. The van der Waals surface area contributed by atoms with Gasteiger partial charge in [0.2, 0.25) is 0 Å². The number of hydrogen-bond donors (Lipinski definition) is 1. The molecule has 0 saturated carbocycles. The molecule has 0 radical (unpaired) electrons. The molecule has 1 aromatic rings. The summed E-state index contributed by atoms with van der Waals surface area (Å²) in [5.41, 5.74) is 2.67. The van der Waals surface area contributed by atoms with E-state index in [1.807, 2.05) is 17.8 Å². The summed E-state index contributed by atoms with van der Waals surface area (Å²) in [6.45, 7) is 3.35. The minimum atomic E-state index is -2.94. The number of urea groups is 1. The van der Waals surface area contributed by atoms with Gasteiger partial charge in [-0.25, -0.2) is 13.2 Å². The van der Waals surface area contributed by atoms with Gasteiger partial charge in [-0.15, -0.1) is 0 Å². The molecule has 0 spiro atoms. The van der Waals surface area contributed by atoms with Crippen LogP contribution in [-0.4, -0.2) is 56.2 Å². The van der Waals surface area contributed by atoms with Crippen LogP contribution in [0.15, 0.2) is 24.3 Å². The maximum atomic E-state index is 11.9. The third-order valence-corrected chi connectivity index (χ3v) is 6.59. The van der Waals surface area contributed by atoms with Crippen molar-refractivity contribution in [2.75, 3.05) is 36.9 Å². The fraction of sp³-hybridized carbons (Fsp3) is 0.562. The minimum Gasteiger partial charge on any atom is -0.338 e. The van der Waals surface area contributed by atoms with E-state index < -0.39 is 9.84 Å². The van der Waals surface area contributed by atoms with Crippen LogP contribution in [-0.2, 0) is 15.6 Å². The monoisotopic (exact) mass is 356 g/mol. The Hall–Kier alpha value is -1.21. The van der Waals surface area contributed by atoms with Crippen LogP contribution in [0.3, 0.4) is 0 Å². The summed E-state index contributed by atoms with van der Waals surface area (Å²) >= 11 is 1.86. The summed E-state index contributed by atoms with van der Waals surface area (Å²) in [6.07, 6.45) is 0.911. The van der Waals surface area contributed by atoms with Gasteiger partial charge in [-0.1, -0.05) is 24.3 Å². The number of hydrogen-bond acceptors (Lipinski definition) is 4. The molecule has 1 saturated heterocycles. The Morgan fingerprint density at radius 1 is 1.26 bits per heavy atom. The maximum Gasteiger partial charge on any atom is 0.317 e. The summed E-state index contributed by atoms with van der Waals surface area (Å²) < 4.78 is 22.7. The number of thioether (sulfide) groups is 1. The van der Waals surface area contributed by atoms with Crippen molar-refractivity contribution in [1.82, 2.24) is 10.2 Å². The highest BCUT2D eigenvalue weighted by molar-refractivity contribution is 7.98. The SMILES string of the molecule is Cc1ccccc1CSCCCNC(=O)N1CCS(=O)(=O)CC1. The van der Waals surface area contributed by atoms with E-state index in [-0.39, 0.29) is 17.5 Å². The smallest absolute Gasteiger partial charge is 0.317 e. The molecule has 2 rings (SSSR count). The third kappa shape index (κ3) is 6.06. The molecule has 5 nitrogen and oxygen atoms in total. The quantitative estimate of drug-likeness (QED) is 0.793. The number of nitrogens with one attached hydrogen (secondary N) is 1. The summed E-state index contributed by atoms with van der Waals surface area (Å²) in [5.74, 6) is 2.13. The molecule has 7 heteroatoms. The summed E-state index contributed by atoms with van der Waals surface area (Å²) in [5, 5.41) is 2.87. The molecule has 1 aromatic carbocycles. The lowest BCUT2D eigenvalue weighted by Gasteiger charge is -2.26. The van der Waals surface area contributed by atoms with Crippen molar-refractivity contribution in [3.05, 3.63) is 35.4 Å². The highest BCUT2D eigenvalue weighted by Crippen LogP contribution is 2.16. The van der Waals surface area contributed by atoms with E-state index >= 15 is 0 Å². The van der Waals surface area contributed by atoms with E-state index in [0.717, 1.165) is 17.9 Å². The van der Waals surface area contributed by atoms with Crippen molar-refractivity contribution in [2.45, 2.75) is 19.1 Å². The third-order valence-electron chi connectivity index (χ3n) is 3.89. The van der Waals surface area contributed by atoms with Gasteiger partial charge in [0.15, 0.2) is 9.84 Å². The van der Waals surface area contributed by atoms with Gasteiger partial charge in [-0.2, -0.15) is 11.8 Å². The van der Waals surface area contributed by atoms with E-state index in [2.05, 4.69) is 30.4 Å². The molecule has 0 atom stereocenters. The van der Waals surface area contributed by atoms with Crippen molar-refractivity contribution in [2.24, 2.45) is 0 Å². The molecule has 2 amide bonds. The second-order valence-electron chi connectivity index (χ2n) is 5.70. The van der Waals surface area contributed by atoms with E-state index in [0.29, 0.717) is 19.6 Å². The average molecular weight is 357 g/mol. The van der Waals surface area contributed by atoms with Crippen LogP contribution in [0.2, 0.25) is 0 Å². The number of nitrogens with zero attached hydrogens (tertiary/aromatic N) is 1. The number of carbonyl (C=O) groups is 1. The number of benzene rings is 1. The first-order valence-electron chi connectivity index (χ1n) is 7.83. The second kappa shape index (κ2) is 8.59. The Kier molecular flexibility index (Phi) is 6.77. The average Bonchev–Trinajstić information content (AvgIpc) is 2.52. The number of amides is 2. The predicted molar refractivity (Wildman–Crippen MR) is 95.6 cm³/mol. The standard InChI is InChI=1S/C16H24N2O3S2/c1-14-5-2-3-6-15(14)13-22-10-4-7-17-16(19)18-8-11-23(20,21)12-9-18/h2-3,5-6H,4,7-13H2,1H3,(H,17,19). The van der Waals surface area contributed by atoms with Crippen LogP contribution in [0.1, 0.15) is 17.5 Å². The number of rotatable bonds is 6. The Labute approximate surface area is 142 Å². The van der Waals surface area contributed by atoms with Crippen LogP contribution in [0.25, 0.3) is 0 Å². The Morgan fingerprint density at radius 2 is 1.96 bits per heavy atom. The highest BCUT2D eigenvalue weighted by Gasteiger charge is 2.24. The lowest BCUT2D eigenvalue weighted by atomic mass is 10.1.